The van der Waals surface area contributed by atoms with E-state index in [0.717, 1.165) is 17.8 Å². The third-order valence-electron chi connectivity index (χ3n) is 2.49. The van der Waals surface area contributed by atoms with Crippen LogP contribution in [0.15, 0.2) is 36.8 Å². The zero-order chi connectivity index (χ0) is 13.8. The second-order valence-corrected chi connectivity index (χ2v) is 3.86. The summed E-state index contributed by atoms with van der Waals surface area (Å²) >= 11 is 0. The maximum Gasteiger partial charge on any atom is 0.341 e. The molecule has 2 heterocycles. The molecule has 6 heteroatoms. The molecule has 0 aliphatic rings. The molecule has 0 spiro atoms. The van der Waals surface area contributed by atoms with Crippen molar-refractivity contribution < 1.29 is 19.0 Å². The van der Waals surface area contributed by atoms with Crippen molar-refractivity contribution >= 4 is 5.97 Å². The molecular formula is C13H11FN2O3. The number of halogens is 1. The first-order valence-corrected chi connectivity index (χ1v) is 5.53. The highest BCUT2D eigenvalue weighted by Gasteiger charge is 2.17. The standard InChI is InChI=1S/C13H11FN2O3/c1-8(9-3-2-4-15-6-9)19-12-11(13(17)18)5-10(14)7-16-12/h2-8H,1H3,(H,17,18). The third kappa shape index (κ3) is 3.04. The number of carbonyl (C=O) groups is 1. The molecule has 0 aliphatic heterocycles. The lowest BCUT2D eigenvalue weighted by atomic mass is 10.2. The minimum absolute atomic E-state index is 0.120. The van der Waals surface area contributed by atoms with Crippen molar-refractivity contribution in [2.45, 2.75) is 13.0 Å². The summed E-state index contributed by atoms with van der Waals surface area (Å²) in [7, 11) is 0. The van der Waals surface area contributed by atoms with Crippen molar-refractivity contribution in [1.29, 1.82) is 0 Å². The Morgan fingerprint density at radius 3 is 2.89 bits per heavy atom. The van der Waals surface area contributed by atoms with E-state index in [-0.39, 0.29) is 11.4 Å². The van der Waals surface area contributed by atoms with Crippen LogP contribution in [0.1, 0.15) is 28.9 Å². The van der Waals surface area contributed by atoms with E-state index in [1.165, 1.54) is 0 Å². The van der Waals surface area contributed by atoms with Crippen LogP contribution in [-0.4, -0.2) is 21.0 Å². The summed E-state index contributed by atoms with van der Waals surface area (Å²) in [5, 5.41) is 8.97. The molecule has 0 saturated carbocycles. The van der Waals surface area contributed by atoms with E-state index in [4.69, 9.17) is 9.84 Å². The van der Waals surface area contributed by atoms with Gasteiger partial charge in [0, 0.05) is 18.0 Å². The van der Waals surface area contributed by atoms with Crippen LogP contribution < -0.4 is 4.74 Å². The average molecular weight is 262 g/mol. The van der Waals surface area contributed by atoms with Crippen molar-refractivity contribution in [2.24, 2.45) is 0 Å². The Labute approximate surface area is 108 Å². The quantitative estimate of drug-likeness (QED) is 0.916. The molecule has 0 radical (unpaired) electrons. The summed E-state index contributed by atoms with van der Waals surface area (Å²) in [6.07, 6.45) is 3.70. The Morgan fingerprint density at radius 2 is 2.26 bits per heavy atom. The van der Waals surface area contributed by atoms with E-state index in [2.05, 4.69) is 9.97 Å². The highest BCUT2D eigenvalue weighted by molar-refractivity contribution is 5.90. The maximum atomic E-state index is 13.0. The topological polar surface area (TPSA) is 72.3 Å². The molecule has 0 bridgehead atoms. The third-order valence-corrected chi connectivity index (χ3v) is 2.49. The molecule has 2 rings (SSSR count). The highest BCUT2D eigenvalue weighted by Crippen LogP contribution is 2.23. The fraction of sp³-hybridized carbons (Fsp3) is 0.154. The number of pyridine rings is 2. The molecule has 0 fully saturated rings. The van der Waals surface area contributed by atoms with Gasteiger partial charge in [-0.05, 0) is 19.1 Å². The van der Waals surface area contributed by atoms with Gasteiger partial charge in [-0.2, -0.15) is 0 Å². The smallest absolute Gasteiger partial charge is 0.341 e. The van der Waals surface area contributed by atoms with Gasteiger partial charge in [-0.1, -0.05) is 6.07 Å². The predicted molar refractivity (Wildman–Crippen MR) is 64.4 cm³/mol. The van der Waals surface area contributed by atoms with Crippen LogP contribution in [0.5, 0.6) is 5.88 Å². The van der Waals surface area contributed by atoms with Gasteiger partial charge in [-0.15, -0.1) is 0 Å². The van der Waals surface area contributed by atoms with Gasteiger partial charge in [-0.25, -0.2) is 14.2 Å². The molecule has 0 aliphatic carbocycles. The fourth-order valence-electron chi connectivity index (χ4n) is 1.53. The van der Waals surface area contributed by atoms with Crippen molar-refractivity contribution in [1.82, 2.24) is 9.97 Å². The molecule has 1 N–H and O–H groups in total. The second-order valence-electron chi connectivity index (χ2n) is 3.86. The Hall–Kier alpha value is -2.50. The van der Waals surface area contributed by atoms with Crippen LogP contribution in [0.3, 0.4) is 0 Å². The molecule has 98 valence electrons. The average Bonchev–Trinajstić information content (AvgIpc) is 2.41. The maximum absolute atomic E-state index is 13.0. The van der Waals surface area contributed by atoms with Gasteiger partial charge in [0.05, 0.1) is 6.20 Å². The Balaban J connectivity index is 2.26. The van der Waals surface area contributed by atoms with Gasteiger partial charge in [0.2, 0.25) is 5.88 Å². The molecule has 19 heavy (non-hydrogen) atoms. The lowest BCUT2D eigenvalue weighted by Crippen LogP contribution is -2.09. The van der Waals surface area contributed by atoms with E-state index in [1.54, 1.807) is 31.5 Å². The van der Waals surface area contributed by atoms with Crippen molar-refractivity contribution in [3.05, 3.63) is 53.7 Å². The number of carboxylic acids is 1. The molecule has 2 aromatic rings. The van der Waals surface area contributed by atoms with Gasteiger partial charge in [0.25, 0.3) is 0 Å². The Morgan fingerprint density at radius 1 is 1.47 bits per heavy atom. The van der Waals surface area contributed by atoms with E-state index in [9.17, 15) is 9.18 Å². The van der Waals surface area contributed by atoms with E-state index in [0.29, 0.717) is 0 Å². The van der Waals surface area contributed by atoms with Gasteiger partial charge in [-0.3, -0.25) is 4.98 Å². The van der Waals surface area contributed by atoms with Crippen LogP contribution >= 0.6 is 0 Å². The van der Waals surface area contributed by atoms with E-state index < -0.39 is 17.9 Å². The number of nitrogens with zero attached hydrogens (tertiary/aromatic N) is 2. The lowest BCUT2D eigenvalue weighted by Gasteiger charge is -2.15. The minimum Gasteiger partial charge on any atom is -0.477 e. The van der Waals surface area contributed by atoms with Crippen LogP contribution in [0.25, 0.3) is 0 Å². The molecule has 0 saturated heterocycles. The predicted octanol–water partition coefficient (Wildman–Crippen LogP) is 2.45. The number of aromatic carboxylic acids is 1. The second kappa shape index (κ2) is 5.43. The summed E-state index contributed by atoms with van der Waals surface area (Å²) in [6.45, 7) is 1.73. The minimum atomic E-state index is -1.29. The monoisotopic (exact) mass is 262 g/mol. The lowest BCUT2D eigenvalue weighted by molar-refractivity contribution is 0.0687. The van der Waals surface area contributed by atoms with Crippen LogP contribution in [0.4, 0.5) is 4.39 Å². The SMILES string of the molecule is CC(Oc1ncc(F)cc1C(=O)O)c1cccnc1. The summed E-state index contributed by atoms with van der Waals surface area (Å²) in [5.41, 5.74) is 0.459. The van der Waals surface area contributed by atoms with Gasteiger partial charge in [0.1, 0.15) is 17.5 Å². The largest absolute Gasteiger partial charge is 0.477 e. The number of rotatable bonds is 4. The van der Waals surface area contributed by atoms with Crippen LogP contribution in [-0.2, 0) is 0 Å². The van der Waals surface area contributed by atoms with Gasteiger partial charge >= 0.3 is 5.97 Å². The number of hydrogen-bond donors (Lipinski definition) is 1. The van der Waals surface area contributed by atoms with Crippen LogP contribution in [0, 0.1) is 5.82 Å². The summed E-state index contributed by atoms with van der Waals surface area (Å²) in [5.74, 6) is -2.13. The molecule has 2 aromatic heterocycles. The Kier molecular flexibility index (Phi) is 3.70. The fourth-order valence-corrected chi connectivity index (χ4v) is 1.53. The summed E-state index contributed by atoms with van der Waals surface area (Å²) in [6, 6.07) is 4.41. The number of ether oxygens (including phenoxy) is 1. The first-order valence-electron chi connectivity index (χ1n) is 5.53. The number of hydrogen-bond acceptors (Lipinski definition) is 4. The molecular weight excluding hydrogens is 251 g/mol. The zero-order valence-electron chi connectivity index (χ0n) is 10.1. The molecule has 1 unspecified atom stereocenters. The van der Waals surface area contributed by atoms with Crippen LogP contribution in [0.2, 0.25) is 0 Å². The normalized spacial score (nSPS) is 11.9. The summed E-state index contributed by atoms with van der Waals surface area (Å²) in [4.78, 5) is 18.6. The molecule has 0 amide bonds. The van der Waals surface area contributed by atoms with E-state index >= 15 is 0 Å². The first kappa shape index (κ1) is 12.9. The number of aromatic nitrogens is 2. The zero-order valence-corrected chi connectivity index (χ0v) is 10.1. The Bertz CT molecular complexity index is 590. The summed E-state index contributed by atoms with van der Waals surface area (Å²) < 4.78 is 18.4. The molecule has 0 aromatic carbocycles. The molecule has 5 nitrogen and oxygen atoms in total. The van der Waals surface area contributed by atoms with E-state index in [1.807, 2.05) is 0 Å². The van der Waals surface area contributed by atoms with Crippen molar-refractivity contribution in [3.8, 4) is 5.88 Å². The highest BCUT2D eigenvalue weighted by atomic mass is 19.1. The molecule has 1 atom stereocenters. The number of carboxylic acid groups (broad SMARTS) is 1. The van der Waals surface area contributed by atoms with Gasteiger partial charge < -0.3 is 9.84 Å². The first-order chi connectivity index (χ1) is 9.08. The van der Waals surface area contributed by atoms with Crippen molar-refractivity contribution in [2.75, 3.05) is 0 Å². The van der Waals surface area contributed by atoms with Crippen molar-refractivity contribution in [3.63, 3.8) is 0 Å². The van der Waals surface area contributed by atoms with Gasteiger partial charge in [0.15, 0.2) is 0 Å².